The lowest BCUT2D eigenvalue weighted by molar-refractivity contribution is 0.0697. The Kier molecular flexibility index (Phi) is 3.29. The van der Waals surface area contributed by atoms with E-state index in [4.69, 9.17) is 5.11 Å². The Morgan fingerprint density at radius 2 is 2.17 bits per heavy atom. The standard InChI is InChI=1S/C8H6Br2O2/c9-4-6-3-5(8(11)12)1-2-7(6)10/h1-3H,4H2,(H,11,12). The van der Waals surface area contributed by atoms with Crippen LogP contribution >= 0.6 is 31.9 Å². The molecular formula is C8H6Br2O2. The van der Waals surface area contributed by atoms with Crippen LogP contribution in [0, 0.1) is 0 Å². The molecule has 0 aromatic heterocycles. The average Bonchev–Trinajstić information content (AvgIpc) is 2.05. The van der Waals surface area contributed by atoms with E-state index in [-0.39, 0.29) is 0 Å². The fourth-order valence-corrected chi connectivity index (χ4v) is 2.04. The van der Waals surface area contributed by atoms with E-state index in [1.807, 2.05) is 0 Å². The number of rotatable bonds is 2. The SMILES string of the molecule is O=C(O)c1ccc(Br)c(CBr)c1. The Balaban J connectivity index is 3.13. The summed E-state index contributed by atoms with van der Waals surface area (Å²) in [6.07, 6.45) is 0. The first-order chi connectivity index (χ1) is 5.65. The molecule has 4 heteroatoms. The molecule has 1 aromatic rings. The summed E-state index contributed by atoms with van der Waals surface area (Å²) in [4.78, 5) is 10.5. The van der Waals surface area contributed by atoms with Gasteiger partial charge in [-0.05, 0) is 23.8 Å². The van der Waals surface area contributed by atoms with Crippen molar-refractivity contribution in [3.8, 4) is 0 Å². The van der Waals surface area contributed by atoms with E-state index in [0.717, 1.165) is 10.0 Å². The van der Waals surface area contributed by atoms with Crippen molar-refractivity contribution in [2.24, 2.45) is 0 Å². The quantitative estimate of drug-likeness (QED) is 0.851. The highest BCUT2D eigenvalue weighted by atomic mass is 79.9. The second-order valence-corrected chi connectivity index (χ2v) is 3.66. The number of aromatic carboxylic acids is 1. The first-order valence-electron chi connectivity index (χ1n) is 3.23. The molecule has 0 bridgehead atoms. The van der Waals surface area contributed by atoms with Gasteiger partial charge in [-0.3, -0.25) is 0 Å². The molecular weight excluding hydrogens is 288 g/mol. The van der Waals surface area contributed by atoms with E-state index in [9.17, 15) is 4.79 Å². The van der Waals surface area contributed by atoms with Gasteiger partial charge in [-0.2, -0.15) is 0 Å². The lowest BCUT2D eigenvalue weighted by atomic mass is 10.1. The fourth-order valence-electron chi connectivity index (χ4n) is 0.810. The summed E-state index contributed by atoms with van der Waals surface area (Å²) >= 11 is 6.59. The number of alkyl halides is 1. The molecule has 0 amide bonds. The van der Waals surface area contributed by atoms with Crippen LogP contribution in [0.25, 0.3) is 0 Å². The minimum atomic E-state index is -0.898. The van der Waals surface area contributed by atoms with Gasteiger partial charge in [0.15, 0.2) is 0 Å². The maximum Gasteiger partial charge on any atom is 0.335 e. The van der Waals surface area contributed by atoms with Crippen LogP contribution in [0.15, 0.2) is 22.7 Å². The highest BCUT2D eigenvalue weighted by Gasteiger charge is 2.05. The van der Waals surface area contributed by atoms with E-state index in [2.05, 4.69) is 31.9 Å². The highest BCUT2D eigenvalue weighted by molar-refractivity contribution is 9.10. The van der Waals surface area contributed by atoms with Crippen LogP contribution in [0.3, 0.4) is 0 Å². The van der Waals surface area contributed by atoms with Crippen LogP contribution in [-0.4, -0.2) is 11.1 Å². The summed E-state index contributed by atoms with van der Waals surface area (Å²) in [5.41, 5.74) is 1.25. The minimum Gasteiger partial charge on any atom is -0.478 e. The van der Waals surface area contributed by atoms with Crippen LogP contribution in [0.1, 0.15) is 15.9 Å². The topological polar surface area (TPSA) is 37.3 Å². The zero-order valence-electron chi connectivity index (χ0n) is 6.05. The first-order valence-corrected chi connectivity index (χ1v) is 5.14. The summed E-state index contributed by atoms with van der Waals surface area (Å²) in [5, 5.41) is 9.31. The van der Waals surface area contributed by atoms with Gasteiger partial charge in [0.05, 0.1) is 5.56 Å². The van der Waals surface area contributed by atoms with Gasteiger partial charge in [0.1, 0.15) is 0 Å². The van der Waals surface area contributed by atoms with E-state index < -0.39 is 5.97 Å². The van der Waals surface area contributed by atoms with Crippen LogP contribution in [-0.2, 0) is 5.33 Å². The average molecular weight is 294 g/mol. The van der Waals surface area contributed by atoms with Gasteiger partial charge in [0.25, 0.3) is 0 Å². The Bertz CT molecular complexity index is 310. The third kappa shape index (κ3) is 2.08. The van der Waals surface area contributed by atoms with E-state index in [1.165, 1.54) is 0 Å². The molecule has 0 saturated heterocycles. The second-order valence-electron chi connectivity index (χ2n) is 2.24. The number of carboxylic acids is 1. The summed E-state index contributed by atoms with van der Waals surface area (Å²) in [6.45, 7) is 0. The number of hydrogen-bond acceptors (Lipinski definition) is 1. The van der Waals surface area contributed by atoms with E-state index in [0.29, 0.717) is 10.9 Å². The smallest absolute Gasteiger partial charge is 0.335 e. The van der Waals surface area contributed by atoms with Crippen molar-refractivity contribution in [3.05, 3.63) is 33.8 Å². The first kappa shape index (κ1) is 9.74. The molecule has 1 aromatic carbocycles. The fraction of sp³-hybridized carbons (Fsp3) is 0.125. The third-order valence-corrected chi connectivity index (χ3v) is 2.81. The number of halogens is 2. The van der Waals surface area contributed by atoms with E-state index in [1.54, 1.807) is 18.2 Å². The molecule has 0 unspecified atom stereocenters. The van der Waals surface area contributed by atoms with Crippen LogP contribution in [0.4, 0.5) is 0 Å². The Hall–Kier alpha value is -0.350. The Labute approximate surface area is 86.9 Å². The van der Waals surface area contributed by atoms with Crippen molar-refractivity contribution >= 4 is 37.8 Å². The van der Waals surface area contributed by atoms with Gasteiger partial charge >= 0.3 is 5.97 Å². The summed E-state index contributed by atoms with van der Waals surface area (Å²) < 4.78 is 0.921. The number of benzene rings is 1. The van der Waals surface area contributed by atoms with Crippen LogP contribution in [0.5, 0.6) is 0 Å². The molecule has 0 fully saturated rings. The maximum absolute atomic E-state index is 10.5. The van der Waals surface area contributed by atoms with Crippen molar-refractivity contribution in [2.45, 2.75) is 5.33 Å². The third-order valence-electron chi connectivity index (χ3n) is 1.44. The molecule has 0 spiro atoms. The molecule has 1 N–H and O–H groups in total. The van der Waals surface area contributed by atoms with Crippen molar-refractivity contribution in [2.75, 3.05) is 0 Å². The van der Waals surface area contributed by atoms with Crippen LogP contribution in [0.2, 0.25) is 0 Å². The van der Waals surface area contributed by atoms with Gasteiger partial charge in [-0.25, -0.2) is 4.79 Å². The lowest BCUT2D eigenvalue weighted by Gasteiger charge is -2.00. The molecule has 0 heterocycles. The van der Waals surface area contributed by atoms with E-state index >= 15 is 0 Å². The molecule has 1 rings (SSSR count). The van der Waals surface area contributed by atoms with Gasteiger partial charge in [-0.15, -0.1) is 0 Å². The predicted molar refractivity (Wildman–Crippen MR) is 53.7 cm³/mol. The molecule has 2 nitrogen and oxygen atoms in total. The number of carbonyl (C=O) groups is 1. The number of carboxylic acid groups (broad SMARTS) is 1. The summed E-state index contributed by atoms with van der Waals surface area (Å²) in [5.74, 6) is -0.898. The monoisotopic (exact) mass is 292 g/mol. The van der Waals surface area contributed by atoms with Gasteiger partial charge in [-0.1, -0.05) is 31.9 Å². The van der Waals surface area contributed by atoms with Gasteiger partial charge in [0.2, 0.25) is 0 Å². The Morgan fingerprint density at radius 3 is 2.67 bits per heavy atom. The molecule has 0 radical (unpaired) electrons. The van der Waals surface area contributed by atoms with Crippen LogP contribution < -0.4 is 0 Å². The van der Waals surface area contributed by atoms with Crippen molar-refractivity contribution in [3.63, 3.8) is 0 Å². The second kappa shape index (κ2) is 4.05. The number of hydrogen-bond donors (Lipinski definition) is 1. The predicted octanol–water partition coefficient (Wildman–Crippen LogP) is 3.04. The normalized spacial score (nSPS) is 9.83. The lowest BCUT2D eigenvalue weighted by Crippen LogP contribution is -1.96. The molecule has 64 valence electrons. The largest absolute Gasteiger partial charge is 0.478 e. The minimum absolute atomic E-state index is 0.313. The molecule has 0 aliphatic carbocycles. The molecule has 0 atom stereocenters. The van der Waals surface area contributed by atoms with Crippen molar-refractivity contribution < 1.29 is 9.90 Å². The van der Waals surface area contributed by atoms with Crippen molar-refractivity contribution in [1.29, 1.82) is 0 Å². The summed E-state index contributed by atoms with van der Waals surface area (Å²) in [7, 11) is 0. The zero-order chi connectivity index (χ0) is 9.14. The highest BCUT2D eigenvalue weighted by Crippen LogP contribution is 2.20. The van der Waals surface area contributed by atoms with Gasteiger partial charge < -0.3 is 5.11 Å². The molecule has 0 aliphatic heterocycles. The molecule has 0 saturated carbocycles. The Morgan fingerprint density at radius 1 is 1.50 bits per heavy atom. The summed E-state index contributed by atoms with van der Waals surface area (Å²) in [6, 6.07) is 4.94. The maximum atomic E-state index is 10.5. The molecule has 0 aliphatic rings. The van der Waals surface area contributed by atoms with Crippen molar-refractivity contribution in [1.82, 2.24) is 0 Å². The zero-order valence-corrected chi connectivity index (χ0v) is 9.22. The molecule has 12 heavy (non-hydrogen) atoms. The van der Waals surface area contributed by atoms with Gasteiger partial charge in [0, 0.05) is 9.80 Å².